The van der Waals surface area contributed by atoms with Crippen molar-refractivity contribution >= 4 is 0 Å². The minimum Gasteiger partial charge on any atom is -0.460 e. The molecule has 2 heterocycles. The molecule has 3 N–H and O–H groups in total. The Morgan fingerprint density at radius 2 is 2.19 bits per heavy atom. The minimum atomic E-state index is -0.256. The molecule has 0 aromatic carbocycles. The van der Waals surface area contributed by atoms with Crippen LogP contribution in [-0.4, -0.2) is 15.5 Å². The van der Waals surface area contributed by atoms with Gasteiger partial charge in [0.1, 0.15) is 17.3 Å². The van der Waals surface area contributed by atoms with Gasteiger partial charge in [-0.2, -0.15) is 0 Å². The predicted octanol–water partition coefficient (Wildman–Crippen LogP) is 2.26. The summed E-state index contributed by atoms with van der Waals surface area (Å²) in [6.07, 6.45) is 2.49. The van der Waals surface area contributed by atoms with Crippen molar-refractivity contribution < 1.29 is 4.42 Å². The number of aromatic nitrogens is 2. The molecular weight excluding hydrogens is 202 g/mol. The number of nitrogens with zero attached hydrogens (tertiary/aromatic N) is 1. The monoisotopic (exact) mass is 219 g/mol. The van der Waals surface area contributed by atoms with Crippen molar-refractivity contribution in [2.24, 2.45) is 5.73 Å². The zero-order valence-corrected chi connectivity index (χ0v) is 9.87. The average Bonchev–Trinajstić information content (AvgIpc) is 2.71. The van der Waals surface area contributed by atoms with E-state index < -0.39 is 0 Å². The van der Waals surface area contributed by atoms with Crippen LogP contribution < -0.4 is 5.73 Å². The van der Waals surface area contributed by atoms with Crippen molar-refractivity contribution in [2.75, 3.05) is 0 Å². The Hall–Kier alpha value is -1.55. The quantitative estimate of drug-likeness (QED) is 0.832. The molecule has 86 valence electrons. The van der Waals surface area contributed by atoms with Crippen LogP contribution in [0.2, 0.25) is 0 Å². The third-order valence-electron chi connectivity index (χ3n) is 2.26. The van der Waals surface area contributed by atoms with Crippen LogP contribution in [0.4, 0.5) is 0 Å². The Bertz CT molecular complexity index is 476. The van der Waals surface area contributed by atoms with Gasteiger partial charge in [-0.25, -0.2) is 4.98 Å². The molecule has 4 nitrogen and oxygen atoms in total. The third-order valence-corrected chi connectivity index (χ3v) is 2.26. The average molecular weight is 219 g/mol. The SMILES string of the molecule is Cc1ccc(-c2cnc(CC(C)(C)N)[nH]2)o1. The first kappa shape index (κ1) is 11.0. The van der Waals surface area contributed by atoms with Gasteiger partial charge in [-0.15, -0.1) is 0 Å². The summed E-state index contributed by atoms with van der Waals surface area (Å²) in [6.45, 7) is 5.88. The summed E-state index contributed by atoms with van der Waals surface area (Å²) in [4.78, 5) is 7.51. The number of nitrogens with two attached hydrogens (primary N) is 1. The van der Waals surface area contributed by atoms with E-state index in [1.54, 1.807) is 6.20 Å². The summed E-state index contributed by atoms with van der Waals surface area (Å²) in [5, 5.41) is 0. The number of rotatable bonds is 3. The Morgan fingerprint density at radius 3 is 2.75 bits per heavy atom. The number of nitrogens with one attached hydrogen (secondary N) is 1. The van der Waals surface area contributed by atoms with E-state index in [2.05, 4.69) is 9.97 Å². The van der Waals surface area contributed by atoms with Crippen LogP contribution in [0.25, 0.3) is 11.5 Å². The van der Waals surface area contributed by atoms with Crippen molar-refractivity contribution in [1.82, 2.24) is 9.97 Å². The highest BCUT2D eigenvalue weighted by atomic mass is 16.3. The number of hydrogen-bond acceptors (Lipinski definition) is 3. The van der Waals surface area contributed by atoms with Crippen molar-refractivity contribution in [3.05, 3.63) is 29.9 Å². The van der Waals surface area contributed by atoms with Crippen molar-refractivity contribution in [3.63, 3.8) is 0 Å². The predicted molar refractivity (Wildman–Crippen MR) is 63.0 cm³/mol. The fourth-order valence-electron chi connectivity index (χ4n) is 1.59. The van der Waals surface area contributed by atoms with E-state index in [-0.39, 0.29) is 5.54 Å². The Labute approximate surface area is 94.9 Å². The van der Waals surface area contributed by atoms with Gasteiger partial charge in [-0.05, 0) is 32.9 Å². The number of imidazole rings is 1. The van der Waals surface area contributed by atoms with Gasteiger partial charge in [0.15, 0.2) is 5.76 Å². The van der Waals surface area contributed by atoms with E-state index in [9.17, 15) is 0 Å². The molecule has 0 aliphatic heterocycles. The largest absolute Gasteiger partial charge is 0.460 e. The molecule has 2 aromatic rings. The molecule has 0 radical (unpaired) electrons. The van der Waals surface area contributed by atoms with Crippen molar-refractivity contribution in [2.45, 2.75) is 32.7 Å². The first-order chi connectivity index (χ1) is 7.44. The lowest BCUT2D eigenvalue weighted by atomic mass is 10.0. The van der Waals surface area contributed by atoms with Crippen LogP contribution in [0.5, 0.6) is 0 Å². The summed E-state index contributed by atoms with van der Waals surface area (Å²) in [7, 11) is 0. The lowest BCUT2D eigenvalue weighted by Crippen LogP contribution is -2.34. The van der Waals surface area contributed by atoms with Crippen LogP contribution in [0.3, 0.4) is 0 Å². The van der Waals surface area contributed by atoms with Crippen LogP contribution in [0.15, 0.2) is 22.7 Å². The van der Waals surface area contributed by atoms with Gasteiger partial charge in [0, 0.05) is 12.0 Å². The normalized spacial score (nSPS) is 12.0. The molecule has 0 saturated heterocycles. The smallest absolute Gasteiger partial charge is 0.152 e. The molecule has 0 saturated carbocycles. The highest BCUT2D eigenvalue weighted by molar-refractivity contribution is 5.51. The molecule has 0 spiro atoms. The summed E-state index contributed by atoms with van der Waals surface area (Å²) in [5.41, 5.74) is 6.58. The molecule has 0 amide bonds. The Morgan fingerprint density at radius 1 is 1.44 bits per heavy atom. The number of aromatic amines is 1. The minimum absolute atomic E-state index is 0.256. The van der Waals surface area contributed by atoms with Gasteiger partial charge < -0.3 is 15.1 Å². The molecule has 2 rings (SSSR count). The Kier molecular flexibility index (Phi) is 2.59. The standard InChI is InChI=1S/C12H17N3O/c1-8-4-5-10(16-8)9-7-14-11(15-9)6-12(2,3)13/h4-5,7H,6,13H2,1-3H3,(H,14,15). The number of aryl methyl sites for hydroxylation is 1. The molecule has 0 unspecified atom stereocenters. The van der Waals surface area contributed by atoms with Crippen molar-refractivity contribution in [3.8, 4) is 11.5 Å². The highest BCUT2D eigenvalue weighted by Crippen LogP contribution is 2.20. The Balaban J connectivity index is 2.20. The van der Waals surface area contributed by atoms with Crippen LogP contribution in [0, 0.1) is 6.92 Å². The lowest BCUT2D eigenvalue weighted by Gasteiger charge is -2.15. The third kappa shape index (κ3) is 2.52. The van der Waals surface area contributed by atoms with E-state index >= 15 is 0 Å². The molecule has 0 bridgehead atoms. The van der Waals surface area contributed by atoms with Gasteiger partial charge in [-0.1, -0.05) is 0 Å². The van der Waals surface area contributed by atoms with Crippen LogP contribution in [-0.2, 0) is 6.42 Å². The lowest BCUT2D eigenvalue weighted by molar-refractivity contribution is 0.504. The summed E-state index contributed by atoms with van der Waals surface area (Å²) < 4.78 is 5.51. The number of H-pyrrole nitrogens is 1. The van der Waals surface area contributed by atoms with Gasteiger partial charge in [-0.3, -0.25) is 0 Å². The molecule has 0 aliphatic rings. The van der Waals surface area contributed by atoms with Gasteiger partial charge in [0.25, 0.3) is 0 Å². The second kappa shape index (κ2) is 3.79. The zero-order chi connectivity index (χ0) is 11.8. The van der Waals surface area contributed by atoms with Crippen LogP contribution >= 0.6 is 0 Å². The fraction of sp³-hybridized carbons (Fsp3) is 0.417. The highest BCUT2D eigenvalue weighted by Gasteiger charge is 2.15. The molecule has 2 aromatic heterocycles. The second-order valence-corrected chi connectivity index (χ2v) is 4.82. The maximum atomic E-state index is 5.94. The molecule has 4 heteroatoms. The number of furan rings is 1. The molecule has 0 aliphatic carbocycles. The van der Waals surface area contributed by atoms with Gasteiger partial charge in [0.05, 0.1) is 6.20 Å². The fourth-order valence-corrected chi connectivity index (χ4v) is 1.59. The van der Waals surface area contributed by atoms with Gasteiger partial charge >= 0.3 is 0 Å². The number of hydrogen-bond donors (Lipinski definition) is 2. The molecule has 0 fully saturated rings. The summed E-state index contributed by atoms with van der Waals surface area (Å²) in [5.74, 6) is 2.59. The molecule has 16 heavy (non-hydrogen) atoms. The molecular formula is C12H17N3O. The maximum Gasteiger partial charge on any atom is 0.152 e. The first-order valence-corrected chi connectivity index (χ1v) is 5.34. The molecule has 0 atom stereocenters. The van der Waals surface area contributed by atoms with Gasteiger partial charge in [0.2, 0.25) is 0 Å². The van der Waals surface area contributed by atoms with E-state index in [4.69, 9.17) is 10.2 Å². The topological polar surface area (TPSA) is 67.8 Å². The van der Waals surface area contributed by atoms with Crippen molar-refractivity contribution in [1.29, 1.82) is 0 Å². The van der Waals surface area contributed by atoms with E-state index in [0.29, 0.717) is 6.42 Å². The van der Waals surface area contributed by atoms with E-state index in [1.807, 2.05) is 32.9 Å². The zero-order valence-electron chi connectivity index (χ0n) is 9.87. The summed E-state index contributed by atoms with van der Waals surface area (Å²) >= 11 is 0. The maximum absolute atomic E-state index is 5.94. The van der Waals surface area contributed by atoms with E-state index in [1.165, 1.54) is 0 Å². The van der Waals surface area contributed by atoms with Crippen LogP contribution in [0.1, 0.15) is 25.4 Å². The second-order valence-electron chi connectivity index (χ2n) is 4.82. The first-order valence-electron chi connectivity index (χ1n) is 5.34. The summed E-state index contributed by atoms with van der Waals surface area (Å²) in [6, 6.07) is 3.86. The van der Waals surface area contributed by atoms with E-state index in [0.717, 1.165) is 23.0 Å².